The van der Waals surface area contributed by atoms with Gasteiger partial charge in [0, 0.05) is 23.1 Å². The summed E-state index contributed by atoms with van der Waals surface area (Å²) in [4.78, 5) is 3.59. The molecule has 0 aliphatic carbocycles. The number of nitrogen functional groups attached to an aromatic ring is 1. The number of fused-ring (bicyclic) bond motifs is 1. The lowest BCUT2D eigenvalue weighted by Crippen LogP contribution is -1.93. The molecule has 4 rings (SSSR count). The van der Waals surface area contributed by atoms with E-state index in [2.05, 4.69) is 21.7 Å². The number of hydrogen-bond acceptors (Lipinski definition) is 2. The number of methoxy groups -OCH3 is 1. The van der Waals surface area contributed by atoms with E-state index in [0.717, 1.165) is 39.0 Å². The Hall–Kier alpha value is -3.42. The number of rotatable bonds is 3. The van der Waals surface area contributed by atoms with Crippen molar-refractivity contribution < 1.29 is 4.74 Å². The second kappa shape index (κ2) is 6.95. The van der Waals surface area contributed by atoms with Gasteiger partial charge in [0.15, 0.2) is 5.69 Å². The van der Waals surface area contributed by atoms with Gasteiger partial charge in [-0.05, 0) is 59.8 Å². The highest BCUT2D eigenvalue weighted by atomic mass is 35.5. The van der Waals surface area contributed by atoms with Gasteiger partial charge in [-0.2, -0.15) is 0 Å². The van der Waals surface area contributed by atoms with Gasteiger partial charge in [-0.1, -0.05) is 29.8 Å². The maximum Gasteiger partial charge on any atom is 0.188 e. The van der Waals surface area contributed by atoms with E-state index in [1.54, 1.807) is 7.11 Å². The molecule has 0 saturated heterocycles. The van der Waals surface area contributed by atoms with Crippen LogP contribution in [0.4, 0.5) is 11.4 Å². The number of benzene rings is 3. The van der Waals surface area contributed by atoms with Crippen LogP contribution >= 0.6 is 11.6 Å². The summed E-state index contributed by atoms with van der Waals surface area (Å²) in [6, 6.07) is 17.3. The van der Waals surface area contributed by atoms with Gasteiger partial charge in [0.2, 0.25) is 0 Å². The van der Waals surface area contributed by atoms with Crippen LogP contribution in [0, 0.1) is 13.5 Å². The molecule has 1 aromatic heterocycles. The first-order chi connectivity index (χ1) is 13.5. The monoisotopic (exact) mass is 387 g/mol. The third-order valence-corrected chi connectivity index (χ3v) is 5.29. The standard InChI is InChI=1S/C23H18ClN3O/c1-14-17(5-4-6-21(14)25)19-13-27(16-8-10-23(28-3)20(24)12-16)22-9-7-15(26-2)11-18(19)22/h4-13H,25H2,1,3H3. The molecule has 0 radical (unpaired) electrons. The second-order valence-electron chi connectivity index (χ2n) is 6.56. The number of nitrogens with zero attached hydrogens (tertiary/aromatic N) is 2. The average molecular weight is 388 g/mol. The topological polar surface area (TPSA) is 44.5 Å². The summed E-state index contributed by atoms with van der Waals surface area (Å²) < 4.78 is 7.34. The lowest BCUT2D eigenvalue weighted by molar-refractivity contribution is 0.415. The molecule has 5 heteroatoms. The Balaban J connectivity index is 2.03. The smallest absolute Gasteiger partial charge is 0.188 e. The van der Waals surface area contributed by atoms with Crippen molar-refractivity contribution in [3.05, 3.63) is 82.8 Å². The SMILES string of the molecule is [C-]#[N+]c1ccc2c(c1)c(-c1cccc(N)c1C)cn2-c1ccc(OC)c(Cl)c1. The van der Waals surface area contributed by atoms with Crippen LogP contribution in [-0.2, 0) is 0 Å². The molecule has 0 saturated carbocycles. The highest BCUT2D eigenvalue weighted by molar-refractivity contribution is 6.32. The van der Waals surface area contributed by atoms with Crippen LogP contribution in [0.25, 0.3) is 32.6 Å². The van der Waals surface area contributed by atoms with E-state index in [0.29, 0.717) is 16.5 Å². The van der Waals surface area contributed by atoms with Gasteiger partial charge < -0.3 is 15.0 Å². The number of halogens is 1. The molecule has 2 N–H and O–H groups in total. The zero-order valence-corrected chi connectivity index (χ0v) is 16.3. The van der Waals surface area contributed by atoms with Crippen molar-refractivity contribution in [1.82, 2.24) is 4.57 Å². The van der Waals surface area contributed by atoms with Gasteiger partial charge in [-0.25, -0.2) is 4.85 Å². The van der Waals surface area contributed by atoms with Crippen molar-refractivity contribution in [2.45, 2.75) is 6.92 Å². The van der Waals surface area contributed by atoms with Crippen molar-refractivity contribution in [3.63, 3.8) is 0 Å². The largest absolute Gasteiger partial charge is 0.495 e. The van der Waals surface area contributed by atoms with E-state index in [1.165, 1.54) is 0 Å². The minimum Gasteiger partial charge on any atom is -0.495 e. The zero-order chi connectivity index (χ0) is 19.8. The van der Waals surface area contributed by atoms with Crippen LogP contribution in [0.5, 0.6) is 5.75 Å². The minimum absolute atomic E-state index is 0.543. The fourth-order valence-corrected chi connectivity index (χ4v) is 3.72. The molecule has 0 aliphatic heterocycles. The summed E-state index contributed by atoms with van der Waals surface area (Å²) in [5, 5.41) is 1.54. The molecule has 1 heterocycles. The van der Waals surface area contributed by atoms with Gasteiger partial charge in [0.25, 0.3) is 0 Å². The lowest BCUT2D eigenvalue weighted by Gasteiger charge is -2.09. The van der Waals surface area contributed by atoms with Crippen molar-refractivity contribution in [1.29, 1.82) is 0 Å². The number of hydrogen-bond donors (Lipinski definition) is 1. The zero-order valence-electron chi connectivity index (χ0n) is 15.5. The fourth-order valence-electron chi connectivity index (χ4n) is 3.47. The molecule has 3 aromatic carbocycles. The van der Waals surface area contributed by atoms with Crippen LogP contribution in [0.3, 0.4) is 0 Å². The van der Waals surface area contributed by atoms with E-state index in [-0.39, 0.29) is 0 Å². The van der Waals surface area contributed by atoms with Crippen LogP contribution in [-0.4, -0.2) is 11.7 Å². The van der Waals surface area contributed by atoms with E-state index in [4.69, 9.17) is 28.6 Å². The first kappa shape index (κ1) is 18.0. The van der Waals surface area contributed by atoms with E-state index in [1.807, 2.05) is 55.5 Å². The third-order valence-electron chi connectivity index (χ3n) is 5.00. The van der Waals surface area contributed by atoms with Gasteiger partial charge in [-0.15, -0.1) is 0 Å². The second-order valence-corrected chi connectivity index (χ2v) is 6.97. The van der Waals surface area contributed by atoms with Gasteiger partial charge in [0.1, 0.15) is 5.75 Å². The number of ether oxygens (including phenoxy) is 1. The Morgan fingerprint density at radius 3 is 2.61 bits per heavy atom. The Morgan fingerprint density at radius 1 is 1.07 bits per heavy atom. The van der Waals surface area contributed by atoms with E-state index in [9.17, 15) is 0 Å². The van der Waals surface area contributed by atoms with E-state index < -0.39 is 0 Å². The average Bonchev–Trinajstić information content (AvgIpc) is 3.08. The molecular formula is C23H18ClN3O. The van der Waals surface area contributed by atoms with Gasteiger partial charge >= 0.3 is 0 Å². The minimum atomic E-state index is 0.543. The Morgan fingerprint density at radius 2 is 1.89 bits per heavy atom. The lowest BCUT2D eigenvalue weighted by atomic mass is 9.99. The molecule has 4 nitrogen and oxygen atoms in total. The van der Waals surface area contributed by atoms with Crippen LogP contribution < -0.4 is 10.5 Å². The highest BCUT2D eigenvalue weighted by Crippen LogP contribution is 2.38. The summed E-state index contributed by atoms with van der Waals surface area (Å²) in [7, 11) is 1.60. The molecule has 0 bridgehead atoms. The van der Waals surface area contributed by atoms with Gasteiger partial charge in [0.05, 0.1) is 24.2 Å². The van der Waals surface area contributed by atoms with Crippen molar-refractivity contribution in [3.8, 4) is 22.6 Å². The molecule has 4 aromatic rings. The molecule has 0 fully saturated rings. The highest BCUT2D eigenvalue weighted by Gasteiger charge is 2.15. The predicted octanol–water partition coefficient (Wildman–Crippen LogP) is 6.40. The van der Waals surface area contributed by atoms with Crippen molar-refractivity contribution >= 4 is 33.9 Å². The molecule has 0 amide bonds. The molecule has 138 valence electrons. The van der Waals surface area contributed by atoms with Crippen LogP contribution in [0.15, 0.2) is 60.8 Å². The van der Waals surface area contributed by atoms with Crippen LogP contribution in [0.2, 0.25) is 5.02 Å². The summed E-state index contributed by atoms with van der Waals surface area (Å²) >= 11 is 6.35. The Labute approximate surface area is 168 Å². The molecule has 0 aliphatic rings. The van der Waals surface area contributed by atoms with Crippen molar-refractivity contribution in [2.75, 3.05) is 12.8 Å². The predicted molar refractivity (Wildman–Crippen MR) is 116 cm³/mol. The maximum absolute atomic E-state index is 7.38. The molecule has 0 spiro atoms. The quantitative estimate of drug-likeness (QED) is 0.326. The Bertz CT molecular complexity index is 1250. The summed E-state index contributed by atoms with van der Waals surface area (Å²) in [5.74, 6) is 0.629. The summed E-state index contributed by atoms with van der Waals surface area (Å²) in [6.45, 7) is 9.39. The van der Waals surface area contributed by atoms with Crippen LogP contribution in [0.1, 0.15) is 5.56 Å². The van der Waals surface area contributed by atoms with Gasteiger partial charge in [-0.3, -0.25) is 0 Å². The normalized spacial score (nSPS) is 10.8. The maximum atomic E-state index is 7.38. The molecule has 28 heavy (non-hydrogen) atoms. The number of nitrogens with two attached hydrogens (primary N) is 1. The molecule has 0 atom stereocenters. The Kier molecular flexibility index (Phi) is 4.46. The summed E-state index contributed by atoms with van der Waals surface area (Å²) in [6.07, 6.45) is 2.07. The summed E-state index contributed by atoms with van der Waals surface area (Å²) in [5.41, 5.74) is 12.5. The fraction of sp³-hybridized carbons (Fsp3) is 0.0870. The van der Waals surface area contributed by atoms with E-state index >= 15 is 0 Å². The number of aromatic nitrogens is 1. The number of anilines is 1. The first-order valence-electron chi connectivity index (χ1n) is 8.75. The molecule has 0 unspecified atom stereocenters. The molecular weight excluding hydrogens is 370 g/mol. The first-order valence-corrected chi connectivity index (χ1v) is 9.13. The van der Waals surface area contributed by atoms with Crippen molar-refractivity contribution in [2.24, 2.45) is 0 Å². The third kappa shape index (κ3) is 2.87.